The van der Waals surface area contributed by atoms with E-state index in [4.69, 9.17) is 10.5 Å². The van der Waals surface area contributed by atoms with Crippen LogP contribution in [0.2, 0.25) is 0 Å². The molecule has 7 nitrogen and oxygen atoms in total. The number of nitrogens with two attached hydrogens (primary N) is 1. The van der Waals surface area contributed by atoms with Crippen molar-refractivity contribution in [1.82, 2.24) is 4.90 Å². The van der Waals surface area contributed by atoms with Crippen molar-refractivity contribution in [3.05, 3.63) is 54.1 Å². The van der Waals surface area contributed by atoms with Gasteiger partial charge in [0.05, 0.1) is 18.8 Å². The van der Waals surface area contributed by atoms with Gasteiger partial charge in [-0.1, -0.05) is 30.3 Å². The lowest BCUT2D eigenvalue weighted by molar-refractivity contribution is -0.120. The van der Waals surface area contributed by atoms with Crippen molar-refractivity contribution in [2.45, 2.75) is 31.8 Å². The van der Waals surface area contributed by atoms with Crippen molar-refractivity contribution in [1.29, 1.82) is 0 Å². The Morgan fingerprint density at radius 1 is 1.14 bits per heavy atom. The maximum absolute atomic E-state index is 12.9. The molecule has 3 rings (SSSR count). The molecule has 0 saturated carbocycles. The number of hydrogen-bond acceptors (Lipinski definition) is 5. The van der Waals surface area contributed by atoms with Gasteiger partial charge in [0, 0.05) is 37.7 Å². The van der Waals surface area contributed by atoms with Gasteiger partial charge in [-0.2, -0.15) is 0 Å². The summed E-state index contributed by atoms with van der Waals surface area (Å²) in [6.07, 6.45) is 0. The van der Waals surface area contributed by atoms with Gasteiger partial charge in [0.15, 0.2) is 0 Å². The first-order valence-corrected chi connectivity index (χ1v) is 9.70. The summed E-state index contributed by atoms with van der Waals surface area (Å²) in [4.78, 5) is 26.3. The predicted octanol–water partition coefficient (Wildman–Crippen LogP) is 2.41. The van der Waals surface area contributed by atoms with Crippen molar-refractivity contribution >= 4 is 23.2 Å². The molecule has 0 spiro atoms. The van der Waals surface area contributed by atoms with E-state index in [-0.39, 0.29) is 29.8 Å². The van der Waals surface area contributed by atoms with Gasteiger partial charge in [-0.15, -0.1) is 0 Å². The number of rotatable bonds is 6. The molecule has 1 aliphatic rings. The minimum atomic E-state index is -0.358. The lowest BCUT2D eigenvalue weighted by Crippen LogP contribution is -2.41. The molecule has 1 heterocycles. The topological polar surface area (TPSA) is 96.7 Å². The molecule has 154 valence electrons. The van der Waals surface area contributed by atoms with Crippen LogP contribution in [0.4, 0.5) is 11.4 Å². The molecule has 1 unspecified atom stereocenters. The number of hydrogen-bond donors (Lipinski definition) is 3. The van der Waals surface area contributed by atoms with Crippen LogP contribution >= 0.6 is 0 Å². The van der Waals surface area contributed by atoms with Crippen LogP contribution in [-0.4, -0.2) is 49.0 Å². The number of carbonyl (C=O) groups excluding carboxylic acids is 2. The third kappa shape index (κ3) is 4.93. The molecule has 0 bridgehead atoms. The standard InChI is InChI=1S/C22H28N4O3/c1-14(26-12-18(19(23)13-26)16-7-5-4-6-8-16)22(28)25-20-11-17(24-15(2)27)9-10-21(20)29-3/h4-11,14,18-19H,12-13,23H2,1-3H3,(H,24,27)(H,25,28)/t14?,18-,19+/m0/s1. The number of amides is 2. The zero-order valence-electron chi connectivity index (χ0n) is 17.0. The van der Waals surface area contributed by atoms with Crippen LogP contribution in [0.15, 0.2) is 48.5 Å². The molecule has 1 fully saturated rings. The first kappa shape index (κ1) is 20.8. The molecule has 7 heteroatoms. The van der Waals surface area contributed by atoms with Crippen LogP contribution in [0.1, 0.15) is 25.3 Å². The normalized spacial score (nSPS) is 20.1. The zero-order valence-corrected chi connectivity index (χ0v) is 17.0. The average molecular weight is 396 g/mol. The second-order valence-electron chi connectivity index (χ2n) is 7.40. The molecule has 0 radical (unpaired) electrons. The smallest absolute Gasteiger partial charge is 0.241 e. The van der Waals surface area contributed by atoms with E-state index in [2.05, 4.69) is 27.7 Å². The number of nitrogens with one attached hydrogen (secondary N) is 2. The molecule has 3 atom stereocenters. The maximum atomic E-state index is 12.9. The van der Waals surface area contributed by atoms with E-state index in [1.54, 1.807) is 18.2 Å². The molecule has 1 saturated heterocycles. The Hall–Kier alpha value is -2.90. The van der Waals surface area contributed by atoms with Gasteiger partial charge in [-0.25, -0.2) is 0 Å². The van der Waals surface area contributed by atoms with Crippen molar-refractivity contribution < 1.29 is 14.3 Å². The highest BCUT2D eigenvalue weighted by Gasteiger charge is 2.35. The van der Waals surface area contributed by atoms with Gasteiger partial charge in [0.25, 0.3) is 0 Å². The summed E-state index contributed by atoms with van der Waals surface area (Å²) in [6.45, 7) is 4.68. The Morgan fingerprint density at radius 3 is 2.52 bits per heavy atom. The number of nitrogens with zero attached hydrogens (tertiary/aromatic N) is 1. The third-order valence-electron chi connectivity index (χ3n) is 5.33. The Morgan fingerprint density at radius 2 is 1.86 bits per heavy atom. The summed E-state index contributed by atoms with van der Waals surface area (Å²) < 4.78 is 5.34. The number of likely N-dealkylation sites (tertiary alicyclic amines) is 1. The fourth-order valence-electron chi connectivity index (χ4n) is 3.72. The summed E-state index contributed by atoms with van der Waals surface area (Å²) in [6, 6.07) is 14.9. The van der Waals surface area contributed by atoms with Gasteiger partial charge < -0.3 is 21.1 Å². The summed E-state index contributed by atoms with van der Waals surface area (Å²) >= 11 is 0. The molecule has 1 aliphatic heterocycles. The summed E-state index contributed by atoms with van der Waals surface area (Å²) in [5.74, 6) is 0.395. The second-order valence-corrected chi connectivity index (χ2v) is 7.40. The number of methoxy groups -OCH3 is 1. The quantitative estimate of drug-likeness (QED) is 0.697. The van der Waals surface area contributed by atoms with Gasteiger partial charge >= 0.3 is 0 Å². The Bertz CT molecular complexity index is 872. The SMILES string of the molecule is COc1ccc(NC(C)=O)cc1NC(=O)C(C)N1C[C@@H](N)[C@H](c2ccccc2)C1. The van der Waals surface area contributed by atoms with E-state index in [0.29, 0.717) is 23.7 Å². The maximum Gasteiger partial charge on any atom is 0.241 e. The van der Waals surface area contributed by atoms with Gasteiger partial charge in [-0.05, 0) is 30.7 Å². The van der Waals surface area contributed by atoms with Crippen molar-refractivity contribution in [3.63, 3.8) is 0 Å². The van der Waals surface area contributed by atoms with Crippen LogP contribution in [0, 0.1) is 0 Å². The molecule has 2 aromatic rings. The molecule has 0 aliphatic carbocycles. The van der Waals surface area contributed by atoms with Crippen LogP contribution in [0.3, 0.4) is 0 Å². The van der Waals surface area contributed by atoms with Crippen LogP contribution in [0.5, 0.6) is 5.75 Å². The summed E-state index contributed by atoms with van der Waals surface area (Å²) in [5.41, 5.74) is 8.67. The van der Waals surface area contributed by atoms with E-state index >= 15 is 0 Å². The fraction of sp³-hybridized carbons (Fsp3) is 0.364. The number of ether oxygens (including phenoxy) is 1. The van der Waals surface area contributed by atoms with E-state index in [0.717, 1.165) is 6.54 Å². The summed E-state index contributed by atoms with van der Waals surface area (Å²) in [5, 5.41) is 5.63. The highest BCUT2D eigenvalue weighted by molar-refractivity contribution is 5.97. The first-order chi connectivity index (χ1) is 13.9. The molecule has 2 aromatic carbocycles. The Kier molecular flexibility index (Phi) is 6.51. The molecule has 2 amide bonds. The number of benzene rings is 2. The monoisotopic (exact) mass is 396 g/mol. The first-order valence-electron chi connectivity index (χ1n) is 9.70. The fourth-order valence-corrected chi connectivity index (χ4v) is 3.72. The molecular weight excluding hydrogens is 368 g/mol. The molecule has 0 aromatic heterocycles. The van der Waals surface area contributed by atoms with E-state index in [9.17, 15) is 9.59 Å². The average Bonchev–Trinajstić information content (AvgIpc) is 3.09. The molecular formula is C22H28N4O3. The zero-order chi connectivity index (χ0) is 21.0. The third-order valence-corrected chi connectivity index (χ3v) is 5.33. The molecule has 29 heavy (non-hydrogen) atoms. The largest absolute Gasteiger partial charge is 0.495 e. The minimum absolute atomic E-state index is 0.0229. The van der Waals surface area contributed by atoms with Gasteiger partial charge in [0.2, 0.25) is 11.8 Å². The highest BCUT2D eigenvalue weighted by Crippen LogP contribution is 2.30. The van der Waals surface area contributed by atoms with Crippen LogP contribution in [-0.2, 0) is 9.59 Å². The Labute approximate surface area is 171 Å². The second kappa shape index (κ2) is 9.07. The number of carbonyl (C=O) groups is 2. The Balaban J connectivity index is 1.70. The van der Waals surface area contributed by atoms with E-state index in [1.807, 2.05) is 25.1 Å². The van der Waals surface area contributed by atoms with Gasteiger partial charge in [0.1, 0.15) is 5.75 Å². The lowest BCUT2D eigenvalue weighted by Gasteiger charge is -2.24. The highest BCUT2D eigenvalue weighted by atomic mass is 16.5. The van der Waals surface area contributed by atoms with Crippen molar-refractivity contribution in [2.75, 3.05) is 30.8 Å². The van der Waals surface area contributed by atoms with Crippen molar-refractivity contribution in [2.24, 2.45) is 5.73 Å². The summed E-state index contributed by atoms with van der Waals surface area (Å²) in [7, 11) is 1.54. The lowest BCUT2D eigenvalue weighted by atomic mass is 9.95. The van der Waals surface area contributed by atoms with Gasteiger partial charge in [-0.3, -0.25) is 14.5 Å². The van der Waals surface area contributed by atoms with E-state index in [1.165, 1.54) is 19.6 Å². The van der Waals surface area contributed by atoms with Crippen molar-refractivity contribution in [3.8, 4) is 5.75 Å². The van der Waals surface area contributed by atoms with E-state index < -0.39 is 0 Å². The van der Waals surface area contributed by atoms with Crippen LogP contribution in [0.25, 0.3) is 0 Å². The molecule has 4 N–H and O–H groups in total. The van der Waals surface area contributed by atoms with Crippen LogP contribution < -0.4 is 21.1 Å². The minimum Gasteiger partial charge on any atom is -0.495 e. The predicted molar refractivity (Wildman–Crippen MR) is 114 cm³/mol. The number of anilines is 2.